The molecule has 6 rings (SSSR count). The fraction of sp³-hybridized carbons (Fsp3) is 0.355. The predicted octanol–water partition coefficient (Wildman–Crippen LogP) is 4.60. The lowest BCUT2D eigenvalue weighted by molar-refractivity contribution is -0.938. The van der Waals surface area contributed by atoms with Gasteiger partial charge in [-0.05, 0) is 11.1 Å². The van der Waals surface area contributed by atoms with E-state index in [2.05, 4.69) is 17.4 Å². The molecular formula is C31H35N2O3+. The Labute approximate surface area is 213 Å². The fourth-order valence-electron chi connectivity index (χ4n) is 5.81. The molecule has 3 aliphatic rings. The van der Waals surface area contributed by atoms with E-state index in [1.807, 2.05) is 78.9 Å². The second-order valence-corrected chi connectivity index (χ2v) is 10.3. The third-order valence-electron chi connectivity index (χ3n) is 7.89. The summed E-state index contributed by atoms with van der Waals surface area (Å²) in [5, 5.41) is 3.45. The van der Waals surface area contributed by atoms with E-state index in [1.54, 1.807) is 0 Å². The van der Waals surface area contributed by atoms with Gasteiger partial charge in [0, 0.05) is 37.4 Å². The molecule has 5 nitrogen and oxygen atoms in total. The molecule has 3 aliphatic heterocycles. The fourth-order valence-corrected chi connectivity index (χ4v) is 5.81. The number of carbonyl (C=O) groups excluding carboxylic acids is 2. The van der Waals surface area contributed by atoms with Gasteiger partial charge in [-0.15, -0.1) is 0 Å². The van der Waals surface area contributed by atoms with Gasteiger partial charge in [-0.2, -0.15) is 0 Å². The Balaban J connectivity index is 1.25. The average molecular weight is 484 g/mol. The first kappa shape index (κ1) is 24.4. The number of rotatable bonds is 10. The first-order valence-electron chi connectivity index (χ1n) is 13.1. The van der Waals surface area contributed by atoms with Crippen molar-refractivity contribution in [1.82, 2.24) is 5.32 Å². The van der Waals surface area contributed by atoms with Crippen LogP contribution >= 0.6 is 0 Å². The van der Waals surface area contributed by atoms with Gasteiger partial charge in [0.05, 0.1) is 19.0 Å². The van der Waals surface area contributed by atoms with Crippen molar-refractivity contribution in [2.45, 2.75) is 31.4 Å². The Hall–Kier alpha value is -3.28. The molecular weight excluding hydrogens is 448 g/mol. The van der Waals surface area contributed by atoms with E-state index in [-0.39, 0.29) is 23.8 Å². The number of nitrogens with zero attached hydrogens (tertiary/aromatic N) is 1. The number of ether oxygens (including phenoxy) is 1. The number of fused-ring (bicyclic) bond motifs is 3. The summed E-state index contributed by atoms with van der Waals surface area (Å²) in [5.41, 5.74) is 2.91. The number of carbonyl (C=O) groups is 2. The van der Waals surface area contributed by atoms with Crippen LogP contribution in [-0.2, 0) is 16.1 Å². The summed E-state index contributed by atoms with van der Waals surface area (Å²) in [6.07, 6.45) is 1.87. The molecule has 3 aromatic carbocycles. The molecule has 36 heavy (non-hydrogen) atoms. The van der Waals surface area contributed by atoms with E-state index in [0.29, 0.717) is 25.6 Å². The smallest absolute Gasteiger partial charge is 0.315 e. The van der Waals surface area contributed by atoms with E-state index in [0.717, 1.165) is 48.1 Å². The molecule has 0 radical (unpaired) electrons. The van der Waals surface area contributed by atoms with Crippen molar-refractivity contribution in [1.29, 1.82) is 0 Å². The number of quaternary nitrogens is 1. The molecule has 0 saturated carbocycles. The van der Waals surface area contributed by atoms with Crippen molar-refractivity contribution >= 4 is 11.8 Å². The summed E-state index contributed by atoms with van der Waals surface area (Å²) < 4.78 is 6.98. The second kappa shape index (κ2) is 11.2. The van der Waals surface area contributed by atoms with E-state index < -0.39 is 0 Å². The Morgan fingerprint density at radius 3 is 2.14 bits per heavy atom. The highest BCUT2D eigenvalue weighted by atomic mass is 16.5. The van der Waals surface area contributed by atoms with Crippen LogP contribution in [0.25, 0.3) is 0 Å². The summed E-state index contributed by atoms with van der Waals surface area (Å²) in [5.74, 6) is 0.0144. The zero-order valence-corrected chi connectivity index (χ0v) is 20.7. The van der Waals surface area contributed by atoms with Crippen LogP contribution in [-0.4, -0.2) is 55.1 Å². The topological polar surface area (TPSA) is 55.4 Å². The van der Waals surface area contributed by atoms with Gasteiger partial charge in [0.25, 0.3) is 0 Å². The zero-order chi connectivity index (χ0) is 24.8. The molecule has 3 saturated heterocycles. The minimum absolute atomic E-state index is 0.135. The van der Waals surface area contributed by atoms with Crippen molar-refractivity contribution in [3.63, 3.8) is 0 Å². The molecule has 0 aromatic heterocycles. The van der Waals surface area contributed by atoms with Gasteiger partial charge in [0.1, 0.15) is 13.1 Å². The Kier molecular flexibility index (Phi) is 7.59. The van der Waals surface area contributed by atoms with Crippen molar-refractivity contribution < 1.29 is 18.8 Å². The highest BCUT2D eigenvalue weighted by Crippen LogP contribution is 2.36. The van der Waals surface area contributed by atoms with Crippen LogP contribution in [0.3, 0.4) is 0 Å². The molecule has 186 valence electrons. The van der Waals surface area contributed by atoms with Crippen LogP contribution in [0.1, 0.15) is 40.2 Å². The molecule has 3 aromatic rings. The lowest BCUT2D eigenvalue weighted by Crippen LogP contribution is -2.65. The van der Waals surface area contributed by atoms with Crippen LogP contribution in [0.4, 0.5) is 0 Å². The third kappa shape index (κ3) is 5.75. The van der Waals surface area contributed by atoms with Crippen LogP contribution in [0.2, 0.25) is 0 Å². The Bertz CT molecular complexity index is 1140. The first-order valence-corrected chi connectivity index (χ1v) is 13.1. The van der Waals surface area contributed by atoms with Crippen LogP contribution in [0.5, 0.6) is 0 Å². The molecule has 2 atom stereocenters. The van der Waals surface area contributed by atoms with Gasteiger partial charge in [0.15, 0.2) is 6.10 Å². The van der Waals surface area contributed by atoms with Crippen molar-refractivity contribution in [3.05, 3.63) is 108 Å². The summed E-state index contributed by atoms with van der Waals surface area (Å²) >= 11 is 0. The number of Topliss-reactive ketones (excluding diaryl/α,β-unsaturated/α-hetero) is 1. The normalized spacial score (nSPS) is 23.7. The van der Waals surface area contributed by atoms with E-state index in [1.165, 1.54) is 5.56 Å². The van der Waals surface area contributed by atoms with Gasteiger partial charge >= 0.3 is 5.97 Å². The number of benzene rings is 3. The standard InChI is InChI=1S/C31H35N2O3/c34-29(26-14-8-3-9-15-26)22-33-18-16-27(17-19-33)30(23-33)36-31(35)28(25-12-6-2-7-13-25)21-32-20-24-10-4-1-5-11-24/h1-15,27-28,30,32H,16-23H2/q+1/t27?,28?,30-,33?/m0/s1. The quantitative estimate of drug-likeness (QED) is 0.260. The molecule has 5 heteroatoms. The molecule has 3 heterocycles. The zero-order valence-electron chi connectivity index (χ0n) is 20.7. The maximum absolute atomic E-state index is 13.5. The molecule has 1 N–H and O–H groups in total. The van der Waals surface area contributed by atoms with E-state index >= 15 is 0 Å². The number of piperidine rings is 3. The van der Waals surface area contributed by atoms with Crippen LogP contribution < -0.4 is 5.32 Å². The highest BCUT2D eigenvalue weighted by Gasteiger charge is 2.49. The predicted molar refractivity (Wildman–Crippen MR) is 140 cm³/mol. The van der Waals surface area contributed by atoms with Crippen LogP contribution in [0.15, 0.2) is 91.0 Å². The monoisotopic (exact) mass is 483 g/mol. The molecule has 0 spiro atoms. The molecule has 2 bridgehead atoms. The van der Waals surface area contributed by atoms with Gasteiger partial charge in [-0.3, -0.25) is 9.59 Å². The first-order chi connectivity index (χ1) is 17.6. The number of nitrogens with one attached hydrogen (secondary N) is 1. The molecule has 0 aliphatic carbocycles. The van der Waals surface area contributed by atoms with Crippen molar-refractivity contribution in [2.24, 2.45) is 5.92 Å². The lowest BCUT2D eigenvalue weighted by atomic mass is 9.82. The number of hydrogen-bond acceptors (Lipinski definition) is 4. The molecule has 3 fully saturated rings. The largest absolute Gasteiger partial charge is 0.456 e. The second-order valence-electron chi connectivity index (χ2n) is 10.3. The minimum Gasteiger partial charge on any atom is -0.456 e. The summed E-state index contributed by atoms with van der Waals surface area (Å²) in [7, 11) is 0. The lowest BCUT2D eigenvalue weighted by Gasteiger charge is -2.51. The van der Waals surface area contributed by atoms with Gasteiger partial charge in [-0.1, -0.05) is 91.0 Å². The van der Waals surface area contributed by atoms with Gasteiger partial charge < -0.3 is 14.5 Å². The van der Waals surface area contributed by atoms with Crippen molar-refractivity contribution in [3.8, 4) is 0 Å². The maximum atomic E-state index is 13.5. The number of hydrogen-bond donors (Lipinski definition) is 1. The summed E-state index contributed by atoms with van der Waals surface area (Å²) in [4.78, 5) is 26.6. The SMILES string of the molecule is O=C(C[N+]12CCC(CC1)[C@@H](OC(=O)C(CNCc1ccccc1)c1ccccc1)C2)c1ccccc1. The average Bonchev–Trinajstić information content (AvgIpc) is 2.93. The van der Waals surface area contributed by atoms with E-state index in [9.17, 15) is 9.59 Å². The number of esters is 1. The van der Waals surface area contributed by atoms with E-state index in [4.69, 9.17) is 4.74 Å². The number of ketones is 1. The third-order valence-corrected chi connectivity index (χ3v) is 7.89. The highest BCUT2D eigenvalue weighted by molar-refractivity contribution is 5.97. The Morgan fingerprint density at radius 2 is 1.47 bits per heavy atom. The summed E-state index contributed by atoms with van der Waals surface area (Å²) in [6.45, 7) is 4.39. The van der Waals surface area contributed by atoms with Crippen molar-refractivity contribution in [2.75, 3.05) is 32.7 Å². The summed E-state index contributed by atoms with van der Waals surface area (Å²) in [6, 6.07) is 29.6. The molecule has 1 unspecified atom stereocenters. The van der Waals surface area contributed by atoms with Gasteiger partial charge in [0.2, 0.25) is 5.78 Å². The van der Waals surface area contributed by atoms with Gasteiger partial charge in [-0.25, -0.2) is 0 Å². The maximum Gasteiger partial charge on any atom is 0.315 e. The Morgan fingerprint density at radius 1 is 0.861 bits per heavy atom. The minimum atomic E-state index is -0.371. The van der Waals surface area contributed by atoms with Crippen LogP contribution in [0, 0.1) is 5.92 Å². The molecule has 0 amide bonds.